The second-order valence-corrected chi connectivity index (χ2v) is 15.3. The second-order valence-electron chi connectivity index (χ2n) is 15.3. The van der Waals surface area contributed by atoms with Crippen LogP contribution in [0.5, 0.6) is 5.75 Å². The number of aryl methyl sites for hydroxylation is 1. The number of carbonyl (C=O) groups is 1. The minimum Gasteiger partial charge on any atom is -0.872 e. The summed E-state index contributed by atoms with van der Waals surface area (Å²) in [6.07, 6.45) is 17.0. The molecule has 1 heterocycles. The van der Waals surface area contributed by atoms with Crippen molar-refractivity contribution in [3.05, 3.63) is 28.8 Å². The fraction of sp³-hybridized carbons (Fsp3) is 0.816. The van der Waals surface area contributed by atoms with Crippen LogP contribution in [0.15, 0.2) is 12.1 Å². The molecule has 0 bridgehead atoms. The van der Waals surface area contributed by atoms with Gasteiger partial charge in [0.2, 0.25) is 0 Å². The van der Waals surface area contributed by atoms with Crippen LogP contribution in [-0.2, 0) is 36.3 Å². The summed E-state index contributed by atoms with van der Waals surface area (Å²) in [5, 5.41) is 13.2. The molecule has 0 aromatic heterocycles. The zero-order chi connectivity index (χ0) is 32.5. The molecule has 0 saturated carbocycles. The van der Waals surface area contributed by atoms with Crippen LogP contribution < -0.4 is 5.11 Å². The van der Waals surface area contributed by atoms with Gasteiger partial charge < -0.3 is 19.3 Å². The average Bonchev–Trinajstić information content (AvgIpc) is 2.96. The molecular formula is C38H67NO5. The van der Waals surface area contributed by atoms with Gasteiger partial charge in [-0.1, -0.05) is 131 Å². The van der Waals surface area contributed by atoms with Gasteiger partial charge in [0, 0.05) is 6.42 Å². The van der Waals surface area contributed by atoms with Crippen LogP contribution >= 0.6 is 0 Å². The first-order chi connectivity index (χ1) is 20.9. The number of benzene rings is 1. The van der Waals surface area contributed by atoms with E-state index in [-0.39, 0.29) is 22.5 Å². The number of unbranched alkanes of at least 4 members (excludes halogenated alkanes) is 11. The summed E-state index contributed by atoms with van der Waals surface area (Å²) in [6, 6.07) is 3.99. The van der Waals surface area contributed by atoms with Crippen LogP contribution in [0.4, 0.5) is 0 Å². The Morgan fingerprint density at radius 1 is 0.795 bits per heavy atom. The molecule has 1 saturated heterocycles. The van der Waals surface area contributed by atoms with Gasteiger partial charge in [0.05, 0.1) is 19.8 Å². The Morgan fingerprint density at radius 2 is 1.30 bits per heavy atom. The fourth-order valence-corrected chi connectivity index (χ4v) is 6.07. The van der Waals surface area contributed by atoms with Crippen molar-refractivity contribution < 1.29 is 28.6 Å². The number of hydrogen-bond donors (Lipinski definition) is 0. The molecule has 0 amide bonds. The average molecular weight is 618 g/mol. The normalized spacial score (nSPS) is 15.4. The van der Waals surface area contributed by atoms with E-state index >= 15 is 0 Å². The van der Waals surface area contributed by atoms with E-state index in [1.165, 1.54) is 70.6 Å². The van der Waals surface area contributed by atoms with E-state index in [0.717, 1.165) is 67.0 Å². The molecule has 0 unspecified atom stereocenters. The first-order valence-corrected chi connectivity index (χ1v) is 17.9. The molecule has 0 atom stereocenters. The zero-order valence-corrected chi connectivity index (χ0v) is 29.7. The number of hydrogen-bond acceptors (Lipinski definition) is 5. The molecule has 254 valence electrons. The van der Waals surface area contributed by atoms with Crippen molar-refractivity contribution in [2.24, 2.45) is 0 Å². The predicted molar refractivity (Wildman–Crippen MR) is 180 cm³/mol. The van der Waals surface area contributed by atoms with Crippen LogP contribution in [0.3, 0.4) is 0 Å². The Bertz CT molecular complexity index is 905. The van der Waals surface area contributed by atoms with Crippen LogP contribution in [0.25, 0.3) is 0 Å². The molecule has 2 rings (SSSR count). The van der Waals surface area contributed by atoms with E-state index in [0.29, 0.717) is 26.2 Å². The molecular weight excluding hydrogens is 550 g/mol. The summed E-state index contributed by atoms with van der Waals surface area (Å²) in [5.41, 5.74) is 2.15. The third kappa shape index (κ3) is 14.6. The first-order valence-electron chi connectivity index (χ1n) is 17.9. The molecule has 0 radical (unpaired) electrons. The largest absolute Gasteiger partial charge is 0.872 e. The van der Waals surface area contributed by atoms with Crippen molar-refractivity contribution in [1.29, 1.82) is 0 Å². The van der Waals surface area contributed by atoms with Gasteiger partial charge in [0.15, 0.2) is 6.73 Å². The van der Waals surface area contributed by atoms with Gasteiger partial charge in [0.1, 0.15) is 26.2 Å². The lowest BCUT2D eigenvalue weighted by Gasteiger charge is -2.40. The second kappa shape index (κ2) is 19.8. The zero-order valence-electron chi connectivity index (χ0n) is 29.7. The maximum atomic E-state index is 13.2. The Balaban J connectivity index is 1.70. The molecule has 0 aliphatic carbocycles. The summed E-state index contributed by atoms with van der Waals surface area (Å²) in [4.78, 5) is 12.7. The highest BCUT2D eigenvalue weighted by atomic mass is 16.5. The smallest absolute Gasteiger partial charge is 0.306 e. The summed E-state index contributed by atoms with van der Waals surface area (Å²) < 4.78 is 18.3. The number of rotatable bonds is 21. The highest BCUT2D eigenvalue weighted by Crippen LogP contribution is 2.38. The minimum atomic E-state index is -0.251. The molecule has 0 spiro atoms. The number of morpholine rings is 1. The van der Waals surface area contributed by atoms with Crippen LogP contribution in [-0.4, -0.2) is 63.2 Å². The van der Waals surface area contributed by atoms with Gasteiger partial charge in [-0.2, -0.15) is 0 Å². The lowest BCUT2D eigenvalue weighted by Crippen LogP contribution is -2.57. The lowest BCUT2D eigenvalue weighted by molar-refractivity contribution is -0.952. The Hall–Kier alpha value is -1.63. The van der Waals surface area contributed by atoms with Gasteiger partial charge in [-0.15, -0.1) is 5.75 Å². The SMILES string of the molecule is CCCCCCCCCCCCCCOC[N+]1(CCOC(=O)CCc2cc(C(C)(C)C)c([O-])c(C(C)(C)C)c2)CCOCC1. The van der Waals surface area contributed by atoms with Gasteiger partial charge in [-0.25, -0.2) is 0 Å². The maximum absolute atomic E-state index is 13.2. The molecule has 1 aliphatic heterocycles. The van der Waals surface area contributed by atoms with Crippen molar-refractivity contribution >= 4 is 5.97 Å². The number of carbonyl (C=O) groups excluding carboxylic acids is 1. The molecule has 6 nitrogen and oxygen atoms in total. The Labute approximate surface area is 270 Å². The third-order valence-corrected chi connectivity index (χ3v) is 9.14. The summed E-state index contributed by atoms with van der Waals surface area (Å²) >= 11 is 0. The van der Waals surface area contributed by atoms with Gasteiger partial charge in [0.25, 0.3) is 0 Å². The number of quaternary nitrogens is 1. The predicted octanol–water partition coefficient (Wildman–Crippen LogP) is 8.35. The highest BCUT2D eigenvalue weighted by molar-refractivity contribution is 5.69. The standard InChI is InChI=1S/C38H67NO5/c1-8-9-10-11-12-13-14-15-16-17-18-19-25-43-31-39(22-26-42-27-23-39)24-28-44-35(40)21-20-32-29-33(37(2,3)4)36(41)34(30-32)38(5,6)7/h29-30H,8-28,31H2,1-7H3. The fourth-order valence-electron chi connectivity index (χ4n) is 6.07. The van der Waals surface area contributed by atoms with Crippen LogP contribution in [0, 0.1) is 0 Å². The molecule has 1 aliphatic rings. The molecule has 44 heavy (non-hydrogen) atoms. The van der Waals surface area contributed by atoms with Gasteiger partial charge in [-0.05, 0) is 40.4 Å². The maximum Gasteiger partial charge on any atom is 0.306 e. The van der Waals surface area contributed by atoms with E-state index < -0.39 is 0 Å². The van der Waals surface area contributed by atoms with E-state index in [1.54, 1.807) is 0 Å². The van der Waals surface area contributed by atoms with Crippen molar-refractivity contribution in [3.63, 3.8) is 0 Å². The van der Waals surface area contributed by atoms with Crippen molar-refractivity contribution in [1.82, 2.24) is 0 Å². The van der Waals surface area contributed by atoms with E-state index in [9.17, 15) is 9.90 Å². The van der Waals surface area contributed by atoms with Crippen LogP contribution in [0.1, 0.15) is 149 Å². The summed E-state index contributed by atoms with van der Waals surface area (Å²) in [6.45, 7) is 20.5. The lowest BCUT2D eigenvalue weighted by atomic mass is 9.78. The van der Waals surface area contributed by atoms with Crippen molar-refractivity contribution in [2.75, 3.05) is 52.8 Å². The van der Waals surface area contributed by atoms with E-state index in [1.807, 2.05) is 12.1 Å². The summed E-state index contributed by atoms with van der Waals surface area (Å²) in [5.74, 6) is -0.0634. The topological polar surface area (TPSA) is 67.8 Å². The van der Waals surface area contributed by atoms with Gasteiger partial charge >= 0.3 is 5.97 Å². The monoisotopic (exact) mass is 618 g/mol. The Morgan fingerprint density at radius 3 is 1.80 bits per heavy atom. The van der Waals surface area contributed by atoms with Crippen molar-refractivity contribution in [2.45, 2.75) is 149 Å². The highest BCUT2D eigenvalue weighted by Gasteiger charge is 2.31. The molecule has 0 N–H and O–H groups in total. The molecule has 1 fully saturated rings. The Kier molecular flexibility index (Phi) is 17.3. The van der Waals surface area contributed by atoms with Crippen molar-refractivity contribution in [3.8, 4) is 5.75 Å². The number of ether oxygens (including phenoxy) is 3. The van der Waals surface area contributed by atoms with Gasteiger partial charge in [-0.3, -0.25) is 9.28 Å². The van der Waals surface area contributed by atoms with E-state index in [4.69, 9.17) is 14.2 Å². The minimum absolute atomic E-state index is 0.122. The quantitative estimate of drug-likeness (QED) is 0.0788. The number of esters is 1. The third-order valence-electron chi connectivity index (χ3n) is 9.14. The molecule has 6 heteroatoms. The first kappa shape index (κ1) is 38.6. The molecule has 1 aromatic carbocycles. The summed E-state index contributed by atoms with van der Waals surface area (Å²) in [7, 11) is 0. The number of nitrogens with zero attached hydrogens (tertiary/aromatic N) is 1. The molecule has 1 aromatic rings. The van der Waals surface area contributed by atoms with E-state index in [2.05, 4.69) is 48.5 Å². The van der Waals surface area contributed by atoms with Crippen LogP contribution in [0.2, 0.25) is 0 Å².